The van der Waals surface area contributed by atoms with Gasteiger partial charge in [-0.25, -0.2) is 0 Å². The van der Waals surface area contributed by atoms with Gasteiger partial charge in [0.25, 0.3) is 0 Å². The molecule has 1 aliphatic rings. The molecule has 1 fully saturated rings. The van der Waals surface area contributed by atoms with Gasteiger partial charge in [-0.3, -0.25) is 0 Å². The Hall–Kier alpha value is -1.91. The molecule has 127 valence electrons. The van der Waals surface area contributed by atoms with Crippen molar-refractivity contribution in [2.75, 3.05) is 6.16 Å². The summed E-state index contributed by atoms with van der Waals surface area (Å²) in [5.41, 5.74) is 0. The summed E-state index contributed by atoms with van der Waals surface area (Å²) in [4.78, 5) is 0. The summed E-state index contributed by atoms with van der Waals surface area (Å²) in [5.74, 6) is 0.453. The summed E-state index contributed by atoms with van der Waals surface area (Å²) in [7, 11) is -1.74. The zero-order valence-corrected chi connectivity index (χ0v) is 15.7. The third-order valence-electron chi connectivity index (χ3n) is 5.01. The van der Waals surface area contributed by atoms with Crippen LogP contribution in [0.25, 0.3) is 0 Å². The van der Waals surface area contributed by atoms with Gasteiger partial charge in [-0.15, -0.1) is 0 Å². The molecule has 1 saturated carbocycles. The molecular formula is C25H23P+. The lowest BCUT2D eigenvalue weighted by molar-refractivity contribution is 0.787. The average molecular weight is 354 g/mol. The molecule has 0 aliphatic heterocycles. The van der Waals surface area contributed by atoms with E-state index in [1.54, 1.807) is 0 Å². The minimum Gasteiger partial charge on any atom is -0.0620 e. The van der Waals surface area contributed by atoms with Gasteiger partial charge in [0.05, 0.1) is 6.16 Å². The van der Waals surface area contributed by atoms with Crippen LogP contribution < -0.4 is 15.9 Å². The van der Waals surface area contributed by atoms with Crippen LogP contribution in [0.15, 0.2) is 91.0 Å². The molecule has 0 nitrogen and oxygen atoms in total. The zero-order valence-electron chi connectivity index (χ0n) is 14.8. The molecular weight excluding hydrogens is 331 g/mol. The van der Waals surface area contributed by atoms with Gasteiger partial charge < -0.3 is 0 Å². The average Bonchev–Trinajstić information content (AvgIpc) is 2.75. The van der Waals surface area contributed by atoms with Crippen LogP contribution in [0, 0.1) is 38.0 Å². The molecule has 0 atom stereocenters. The molecule has 0 N–H and O–H groups in total. The summed E-state index contributed by atoms with van der Waals surface area (Å²) < 4.78 is 0. The van der Waals surface area contributed by atoms with Crippen molar-refractivity contribution in [2.24, 2.45) is 5.92 Å². The summed E-state index contributed by atoms with van der Waals surface area (Å²) in [6.07, 6.45) is 12.3. The second kappa shape index (κ2) is 8.19. The van der Waals surface area contributed by atoms with Crippen LogP contribution in [0.4, 0.5) is 0 Å². The van der Waals surface area contributed by atoms with E-state index in [1.807, 2.05) is 0 Å². The van der Waals surface area contributed by atoms with Crippen LogP contribution in [0.3, 0.4) is 0 Å². The van der Waals surface area contributed by atoms with Crippen molar-refractivity contribution in [3.05, 3.63) is 123 Å². The second-order valence-corrected chi connectivity index (χ2v) is 10.2. The van der Waals surface area contributed by atoms with Crippen LogP contribution in [-0.2, 0) is 0 Å². The van der Waals surface area contributed by atoms with Crippen LogP contribution in [0.5, 0.6) is 0 Å². The molecule has 0 saturated heterocycles. The van der Waals surface area contributed by atoms with Gasteiger partial charge in [0.1, 0.15) is 23.2 Å². The molecule has 0 spiro atoms. The Morgan fingerprint density at radius 3 is 1.27 bits per heavy atom. The van der Waals surface area contributed by atoms with Gasteiger partial charge in [0, 0.05) is 5.92 Å². The van der Waals surface area contributed by atoms with E-state index in [0.717, 1.165) is 6.16 Å². The summed E-state index contributed by atoms with van der Waals surface area (Å²) in [6, 6.07) is 33.3. The highest BCUT2D eigenvalue weighted by Crippen LogP contribution is 2.57. The lowest BCUT2D eigenvalue weighted by Crippen LogP contribution is -2.36. The van der Waals surface area contributed by atoms with Crippen molar-refractivity contribution in [2.45, 2.75) is 0 Å². The fraction of sp³-hybridized carbons (Fsp3) is 0.0800. The van der Waals surface area contributed by atoms with E-state index >= 15 is 0 Å². The number of benzene rings is 3. The Kier molecular flexibility index (Phi) is 5.51. The van der Waals surface area contributed by atoms with Crippen molar-refractivity contribution in [3.8, 4) is 0 Å². The minimum absolute atomic E-state index is 0.453. The molecule has 4 rings (SSSR count). The molecule has 1 heteroatoms. The van der Waals surface area contributed by atoms with Gasteiger partial charge in [0.15, 0.2) is 0 Å². The van der Waals surface area contributed by atoms with E-state index in [2.05, 4.69) is 123 Å². The number of hydrogen-bond donors (Lipinski definition) is 0. The van der Waals surface area contributed by atoms with E-state index in [4.69, 9.17) is 0 Å². The highest BCUT2D eigenvalue weighted by Gasteiger charge is 2.46. The summed E-state index contributed by atoms with van der Waals surface area (Å²) >= 11 is 0. The molecule has 3 aromatic rings. The Balaban J connectivity index is 1.90. The quantitative estimate of drug-likeness (QED) is 0.586. The molecule has 3 aromatic carbocycles. The van der Waals surface area contributed by atoms with E-state index < -0.39 is 7.26 Å². The van der Waals surface area contributed by atoms with Gasteiger partial charge in [0.2, 0.25) is 0 Å². The van der Waals surface area contributed by atoms with Crippen LogP contribution in [-0.4, -0.2) is 6.16 Å². The van der Waals surface area contributed by atoms with Gasteiger partial charge >= 0.3 is 0 Å². The summed E-state index contributed by atoms with van der Waals surface area (Å²) in [5, 5.41) is 4.36. The van der Waals surface area contributed by atoms with Crippen molar-refractivity contribution >= 4 is 23.2 Å². The zero-order chi connectivity index (χ0) is 17.7. The van der Waals surface area contributed by atoms with Gasteiger partial charge in [-0.05, 0) is 68.5 Å². The maximum absolute atomic E-state index is 2.34. The fourth-order valence-corrected chi connectivity index (χ4v) is 8.24. The number of hydrogen-bond acceptors (Lipinski definition) is 0. The van der Waals surface area contributed by atoms with Crippen molar-refractivity contribution < 1.29 is 0 Å². The smallest absolute Gasteiger partial charge is 0.0620 e. The lowest BCUT2D eigenvalue weighted by atomic mass is 9.91. The maximum Gasteiger partial charge on any atom is 0.112 e. The second-order valence-electron chi connectivity index (χ2n) is 6.63. The molecule has 5 radical (unpaired) electrons. The van der Waals surface area contributed by atoms with E-state index in [-0.39, 0.29) is 0 Å². The first-order valence-corrected chi connectivity index (χ1v) is 11.1. The SMILES string of the molecule is [CH]1[CH][CH]C(C[P+](c2ccccc2)(c2ccccc2)c2ccccc2)[CH][CH]1. The van der Waals surface area contributed by atoms with Crippen molar-refractivity contribution in [3.63, 3.8) is 0 Å². The monoisotopic (exact) mass is 354 g/mol. The maximum atomic E-state index is 2.34. The van der Waals surface area contributed by atoms with Crippen LogP contribution in [0.2, 0.25) is 0 Å². The largest absolute Gasteiger partial charge is 0.112 e. The lowest BCUT2D eigenvalue weighted by Gasteiger charge is -2.32. The molecule has 1 aliphatic carbocycles. The predicted molar refractivity (Wildman–Crippen MR) is 115 cm³/mol. The molecule has 0 amide bonds. The molecule has 0 bridgehead atoms. The first-order valence-electron chi connectivity index (χ1n) is 9.13. The van der Waals surface area contributed by atoms with Crippen LogP contribution >= 0.6 is 7.26 Å². The van der Waals surface area contributed by atoms with Gasteiger partial charge in [-0.2, -0.15) is 0 Å². The van der Waals surface area contributed by atoms with Crippen molar-refractivity contribution in [1.29, 1.82) is 0 Å². The topological polar surface area (TPSA) is 0 Å². The first-order chi connectivity index (χ1) is 12.9. The fourth-order valence-electron chi connectivity index (χ4n) is 3.79. The Bertz CT molecular complexity index is 693. The predicted octanol–water partition coefficient (Wildman–Crippen LogP) is 4.63. The van der Waals surface area contributed by atoms with Crippen LogP contribution in [0.1, 0.15) is 0 Å². The Morgan fingerprint density at radius 1 is 0.500 bits per heavy atom. The normalized spacial score (nSPS) is 15.7. The number of rotatable bonds is 5. The third kappa shape index (κ3) is 3.49. The van der Waals surface area contributed by atoms with E-state index in [9.17, 15) is 0 Å². The molecule has 0 aromatic heterocycles. The minimum atomic E-state index is -1.74. The molecule has 26 heavy (non-hydrogen) atoms. The first kappa shape index (κ1) is 17.5. The highest BCUT2D eigenvalue weighted by molar-refractivity contribution is 7.95. The standard InChI is InChI=1S/C25H23P/c1-5-13-22(14-6-1)21-26(23-15-7-2-8-16-23,24-17-9-3-10-18-24)25-19-11-4-12-20-25/h1-20,22H,21H2/q+1. The molecule has 0 unspecified atom stereocenters. The Labute approximate surface area is 158 Å². The van der Waals surface area contributed by atoms with Gasteiger partial charge in [-0.1, -0.05) is 54.6 Å². The highest BCUT2D eigenvalue weighted by atomic mass is 31.2. The summed E-state index contributed by atoms with van der Waals surface area (Å²) in [6.45, 7) is 0. The molecule has 0 heterocycles. The third-order valence-corrected chi connectivity index (χ3v) is 9.52. The van der Waals surface area contributed by atoms with Crippen molar-refractivity contribution in [1.82, 2.24) is 0 Å². The van der Waals surface area contributed by atoms with E-state index in [0.29, 0.717) is 5.92 Å². The van der Waals surface area contributed by atoms with E-state index in [1.165, 1.54) is 15.9 Å². The Morgan fingerprint density at radius 2 is 0.885 bits per heavy atom.